The Balaban J connectivity index is 1.85. The number of anilines is 1. The molecule has 0 radical (unpaired) electrons. The number of nitrogens with zero attached hydrogens (tertiary/aromatic N) is 2. The maximum Gasteiger partial charge on any atom is 0.335 e. The van der Waals surface area contributed by atoms with Gasteiger partial charge in [0.05, 0.1) is 11.3 Å². The monoisotopic (exact) mass is 363 g/mol. The largest absolute Gasteiger partial charge is 0.478 e. The van der Waals surface area contributed by atoms with Crippen molar-refractivity contribution in [1.82, 2.24) is 9.55 Å². The molecule has 0 unspecified atom stereocenters. The van der Waals surface area contributed by atoms with Crippen molar-refractivity contribution in [3.05, 3.63) is 81.3 Å². The SMILES string of the molecule is Cc1c(CCc2cc(=O)n(C)c(N)n2)cccc1-c1ccc(C(=O)O)cc1. The molecule has 0 aliphatic heterocycles. The number of carboxylic acids is 1. The molecule has 138 valence electrons. The normalized spacial score (nSPS) is 10.7. The molecule has 0 atom stereocenters. The van der Waals surface area contributed by atoms with Crippen molar-refractivity contribution in [3.63, 3.8) is 0 Å². The Hall–Kier alpha value is -3.41. The van der Waals surface area contributed by atoms with E-state index in [2.05, 4.69) is 11.1 Å². The van der Waals surface area contributed by atoms with Gasteiger partial charge in [-0.1, -0.05) is 30.3 Å². The van der Waals surface area contributed by atoms with Gasteiger partial charge in [0.15, 0.2) is 0 Å². The Morgan fingerprint density at radius 3 is 2.48 bits per heavy atom. The molecule has 0 amide bonds. The Morgan fingerprint density at radius 1 is 1.15 bits per heavy atom. The number of nitrogen functional groups attached to an aromatic ring is 1. The average Bonchev–Trinajstić information content (AvgIpc) is 2.65. The molecule has 6 nitrogen and oxygen atoms in total. The van der Waals surface area contributed by atoms with Crippen LogP contribution in [0.1, 0.15) is 27.2 Å². The van der Waals surface area contributed by atoms with E-state index >= 15 is 0 Å². The molecular formula is C21H21N3O3. The number of rotatable bonds is 5. The zero-order chi connectivity index (χ0) is 19.6. The number of aromatic nitrogens is 2. The van der Waals surface area contributed by atoms with E-state index in [1.165, 1.54) is 10.6 Å². The lowest BCUT2D eigenvalue weighted by Gasteiger charge is -2.12. The number of hydrogen-bond donors (Lipinski definition) is 2. The van der Waals surface area contributed by atoms with Gasteiger partial charge >= 0.3 is 5.97 Å². The molecule has 0 bridgehead atoms. The second kappa shape index (κ2) is 7.45. The number of carboxylic acid groups (broad SMARTS) is 1. The maximum atomic E-state index is 11.9. The van der Waals surface area contributed by atoms with E-state index in [0.717, 1.165) is 28.7 Å². The van der Waals surface area contributed by atoms with Crippen molar-refractivity contribution in [3.8, 4) is 11.1 Å². The third-order valence-corrected chi connectivity index (χ3v) is 4.76. The number of hydrogen-bond acceptors (Lipinski definition) is 4. The summed E-state index contributed by atoms with van der Waals surface area (Å²) in [6.45, 7) is 2.04. The molecule has 1 heterocycles. The zero-order valence-corrected chi connectivity index (χ0v) is 15.3. The Kier molecular flexibility index (Phi) is 5.07. The topological polar surface area (TPSA) is 98.2 Å². The summed E-state index contributed by atoms with van der Waals surface area (Å²) in [4.78, 5) is 27.1. The number of benzene rings is 2. The van der Waals surface area contributed by atoms with E-state index in [1.54, 1.807) is 19.2 Å². The van der Waals surface area contributed by atoms with Crippen molar-refractivity contribution < 1.29 is 9.90 Å². The summed E-state index contributed by atoms with van der Waals surface area (Å²) in [6, 6.07) is 14.4. The Morgan fingerprint density at radius 2 is 1.85 bits per heavy atom. The summed E-state index contributed by atoms with van der Waals surface area (Å²) in [7, 11) is 1.59. The molecule has 3 aromatic rings. The summed E-state index contributed by atoms with van der Waals surface area (Å²) in [6.07, 6.45) is 1.34. The van der Waals surface area contributed by atoms with Crippen LogP contribution in [0.15, 0.2) is 53.3 Å². The van der Waals surface area contributed by atoms with Crippen LogP contribution in [0.3, 0.4) is 0 Å². The standard InChI is InChI=1S/C21H21N3O3/c1-13-14(10-11-17-12-19(25)24(2)21(22)23-17)4-3-5-18(13)15-6-8-16(9-7-15)20(26)27/h3-9,12H,10-11H2,1-2H3,(H2,22,23)(H,26,27). The van der Waals surface area contributed by atoms with Crippen molar-refractivity contribution in [1.29, 1.82) is 0 Å². The average molecular weight is 363 g/mol. The first kappa shape index (κ1) is 18.4. The van der Waals surface area contributed by atoms with Crippen LogP contribution in [0.25, 0.3) is 11.1 Å². The second-order valence-electron chi connectivity index (χ2n) is 6.48. The van der Waals surface area contributed by atoms with Crippen molar-refractivity contribution in [2.75, 3.05) is 5.73 Å². The predicted molar refractivity (Wildman–Crippen MR) is 105 cm³/mol. The molecule has 0 saturated heterocycles. The molecule has 0 spiro atoms. The molecule has 0 aliphatic carbocycles. The van der Waals surface area contributed by atoms with E-state index in [1.807, 2.05) is 31.2 Å². The molecule has 2 aromatic carbocycles. The van der Waals surface area contributed by atoms with Gasteiger partial charge in [0.1, 0.15) is 0 Å². The summed E-state index contributed by atoms with van der Waals surface area (Å²) in [5.41, 5.74) is 10.8. The molecule has 0 saturated carbocycles. The minimum absolute atomic E-state index is 0.165. The first-order valence-corrected chi connectivity index (χ1v) is 8.61. The summed E-state index contributed by atoms with van der Waals surface area (Å²) >= 11 is 0. The van der Waals surface area contributed by atoms with Gasteiger partial charge in [-0.3, -0.25) is 9.36 Å². The molecule has 0 fully saturated rings. The van der Waals surface area contributed by atoms with Crippen LogP contribution < -0.4 is 11.3 Å². The predicted octanol–water partition coefficient (Wildman–Crippen LogP) is 2.82. The van der Waals surface area contributed by atoms with Gasteiger partial charge in [-0.25, -0.2) is 9.78 Å². The lowest BCUT2D eigenvalue weighted by atomic mass is 9.93. The van der Waals surface area contributed by atoms with Gasteiger partial charge in [0.25, 0.3) is 5.56 Å². The van der Waals surface area contributed by atoms with E-state index in [9.17, 15) is 9.59 Å². The van der Waals surface area contributed by atoms with Crippen LogP contribution in [0, 0.1) is 6.92 Å². The van der Waals surface area contributed by atoms with Crippen molar-refractivity contribution in [2.45, 2.75) is 19.8 Å². The summed E-state index contributed by atoms with van der Waals surface area (Å²) in [5.74, 6) is -0.728. The fraction of sp³-hybridized carbons (Fsp3) is 0.190. The molecule has 3 rings (SSSR count). The maximum absolute atomic E-state index is 11.9. The van der Waals surface area contributed by atoms with Gasteiger partial charge in [0, 0.05) is 13.1 Å². The van der Waals surface area contributed by atoms with E-state index in [4.69, 9.17) is 10.8 Å². The zero-order valence-electron chi connectivity index (χ0n) is 15.3. The van der Waals surface area contributed by atoms with Crippen molar-refractivity contribution >= 4 is 11.9 Å². The Labute approximate surface area is 156 Å². The molecule has 3 N–H and O–H groups in total. The van der Waals surface area contributed by atoms with Crippen LogP contribution in [0.4, 0.5) is 5.95 Å². The van der Waals surface area contributed by atoms with Gasteiger partial charge in [-0.2, -0.15) is 0 Å². The van der Waals surface area contributed by atoms with E-state index in [-0.39, 0.29) is 17.1 Å². The van der Waals surface area contributed by atoms with Gasteiger partial charge in [-0.15, -0.1) is 0 Å². The minimum Gasteiger partial charge on any atom is -0.478 e. The number of aryl methyl sites for hydroxylation is 2. The number of aromatic carboxylic acids is 1. The van der Waals surface area contributed by atoms with Crippen molar-refractivity contribution in [2.24, 2.45) is 7.05 Å². The minimum atomic E-state index is -0.937. The molecule has 27 heavy (non-hydrogen) atoms. The summed E-state index contributed by atoms with van der Waals surface area (Å²) < 4.78 is 1.32. The lowest BCUT2D eigenvalue weighted by molar-refractivity contribution is 0.0697. The van der Waals surface area contributed by atoms with Gasteiger partial charge in [0.2, 0.25) is 5.95 Å². The molecular weight excluding hydrogens is 342 g/mol. The van der Waals surface area contributed by atoms with Crippen LogP contribution in [0.2, 0.25) is 0 Å². The fourth-order valence-electron chi connectivity index (χ4n) is 3.06. The van der Waals surface area contributed by atoms with Crippen LogP contribution in [-0.4, -0.2) is 20.6 Å². The Bertz CT molecular complexity index is 1050. The number of nitrogens with two attached hydrogens (primary N) is 1. The third kappa shape index (κ3) is 3.89. The molecule has 1 aromatic heterocycles. The van der Waals surface area contributed by atoms with E-state index < -0.39 is 5.97 Å². The quantitative estimate of drug-likeness (QED) is 0.726. The third-order valence-electron chi connectivity index (χ3n) is 4.76. The highest BCUT2D eigenvalue weighted by Crippen LogP contribution is 2.26. The van der Waals surface area contributed by atoms with Gasteiger partial charge < -0.3 is 10.8 Å². The van der Waals surface area contributed by atoms with Crippen LogP contribution >= 0.6 is 0 Å². The smallest absolute Gasteiger partial charge is 0.335 e. The summed E-state index contributed by atoms with van der Waals surface area (Å²) in [5, 5.41) is 9.04. The first-order valence-electron chi connectivity index (χ1n) is 8.61. The highest BCUT2D eigenvalue weighted by atomic mass is 16.4. The second-order valence-corrected chi connectivity index (χ2v) is 6.48. The first-order chi connectivity index (χ1) is 12.9. The van der Waals surface area contributed by atoms with E-state index in [0.29, 0.717) is 12.1 Å². The van der Waals surface area contributed by atoms with Crippen LogP contribution in [0.5, 0.6) is 0 Å². The fourth-order valence-corrected chi connectivity index (χ4v) is 3.06. The molecule has 0 aliphatic rings. The highest BCUT2D eigenvalue weighted by molar-refractivity contribution is 5.88. The lowest BCUT2D eigenvalue weighted by Crippen LogP contribution is -2.21. The number of carbonyl (C=O) groups is 1. The highest BCUT2D eigenvalue weighted by Gasteiger charge is 2.09. The molecule has 6 heteroatoms. The van der Waals surface area contributed by atoms with Crippen LogP contribution in [-0.2, 0) is 19.9 Å². The van der Waals surface area contributed by atoms with Gasteiger partial charge in [-0.05, 0) is 54.2 Å².